The van der Waals surface area contributed by atoms with Crippen LogP contribution >= 0.6 is 0 Å². The van der Waals surface area contributed by atoms with Crippen LogP contribution in [0.15, 0.2) is 36.5 Å². The van der Waals surface area contributed by atoms with Gasteiger partial charge in [-0.15, -0.1) is 0 Å². The molecule has 5 rings (SSSR count). The van der Waals surface area contributed by atoms with Gasteiger partial charge in [-0.3, -0.25) is 19.4 Å². The normalized spacial score (nSPS) is 25.5. The second kappa shape index (κ2) is 7.71. The predicted molar refractivity (Wildman–Crippen MR) is 114 cm³/mol. The summed E-state index contributed by atoms with van der Waals surface area (Å²) in [7, 11) is 0. The van der Waals surface area contributed by atoms with E-state index in [1.165, 1.54) is 0 Å². The van der Waals surface area contributed by atoms with E-state index in [2.05, 4.69) is 11.1 Å². The number of carbonyl (C=O) groups excluding carboxylic acids is 3. The monoisotopic (exact) mass is 421 g/mol. The Morgan fingerprint density at radius 3 is 2.45 bits per heavy atom. The fourth-order valence-corrected chi connectivity index (χ4v) is 4.85. The van der Waals surface area contributed by atoms with Crippen LogP contribution in [0, 0.1) is 5.92 Å². The van der Waals surface area contributed by atoms with E-state index < -0.39 is 11.5 Å². The average Bonchev–Trinajstić information content (AvgIpc) is 3.56. The lowest BCUT2D eigenvalue weighted by Gasteiger charge is -2.38. The second-order valence-corrected chi connectivity index (χ2v) is 9.11. The zero-order valence-electron chi connectivity index (χ0n) is 17.5. The molecule has 162 valence electrons. The topological polar surface area (TPSA) is 90.8 Å². The molecule has 3 aliphatic rings. The highest BCUT2D eigenvalue weighted by Crippen LogP contribution is 2.38. The van der Waals surface area contributed by atoms with Crippen LogP contribution in [0.5, 0.6) is 0 Å². The molecule has 1 aliphatic heterocycles. The van der Waals surface area contributed by atoms with Crippen molar-refractivity contribution >= 4 is 28.5 Å². The number of aromatic nitrogens is 1. The molecule has 3 fully saturated rings. The van der Waals surface area contributed by atoms with Crippen molar-refractivity contribution in [1.82, 2.24) is 14.8 Å². The number of para-hydroxylation sites is 1. The Hall–Kier alpha value is -2.80. The number of piperazine rings is 1. The van der Waals surface area contributed by atoms with Gasteiger partial charge >= 0.3 is 0 Å². The lowest BCUT2D eigenvalue weighted by Crippen LogP contribution is -2.55. The minimum atomic E-state index is -1.17. The van der Waals surface area contributed by atoms with Gasteiger partial charge in [0.25, 0.3) is 5.91 Å². The van der Waals surface area contributed by atoms with Crippen molar-refractivity contribution in [2.24, 2.45) is 5.92 Å². The zero-order chi connectivity index (χ0) is 21.6. The van der Waals surface area contributed by atoms with Crippen LogP contribution in [0.1, 0.15) is 43.6 Å². The van der Waals surface area contributed by atoms with Gasteiger partial charge in [-0.1, -0.05) is 18.2 Å². The van der Waals surface area contributed by atoms with E-state index in [0.29, 0.717) is 51.9 Å². The Kier molecular flexibility index (Phi) is 5.01. The van der Waals surface area contributed by atoms with Gasteiger partial charge in [0.05, 0.1) is 11.4 Å². The minimum absolute atomic E-state index is 0.000191. The van der Waals surface area contributed by atoms with Crippen molar-refractivity contribution < 1.29 is 19.5 Å². The molecule has 1 aromatic carbocycles. The summed E-state index contributed by atoms with van der Waals surface area (Å²) >= 11 is 0. The zero-order valence-corrected chi connectivity index (χ0v) is 17.5. The Labute approximate surface area is 181 Å². The molecule has 0 bridgehead atoms. The third kappa shape index (κ3) is 3.82. The number of fused-ring (bicyclic) bond motifs is 1. The van der Waals surface area contributed by atoms with Crippen molar-refractivity contribution in [2.75, 3.05) is 26.2 Å². The number of benzene rings is 1. The van der Waals surface area contributed by atoms with Crippen LogP contribution in [-0.4, -0.2) is 69.3 Å². The molecular weight excluding hydrogens is 394 g/mol. The molecule has 2 heterocycles. The molecule has 2 aliphatic carbocycles. The fourth-order valence-electron chi connectivity index (χ4n) is 4.85. The molecule has 2 atom stereocenters. The van der Waals surface area contributed by atoms with E-state index in [1.807, 2.05) is 30.5 Å². The van der Waals surface area contributed by atoms with Gasteiger partial charge in [0, 0.05) is 44.2 Å². The van der Waals surface area contributed by atoms with Gasteiger partial charge in [-0.2, -0.15) is 0 Å². The first-order valence-corrected chi connectivity index (χ1v) is 11.1. The smallest absolute Gasteiger partial charge is 0.254 e. The quantitative estimate of drug-likeness (QED) is 0.765. The van der Waals surface area contributed by atoms with E-state index in [-0.39, 0.29) is 23.5 Å². The largest absolute Gasteiger partial charge is 0.380 e. The molecule has 7 heteroatoms. The SMILES string of the molecule is O=C1CC(c2cnc3ccccc3c2)CCC1C(=O)N1CCN(C(=O)C2(O)CC2)CC1. The Balaban J connectivity index is 1.19. The van der Waals surface area contributed by atoms with Crippen LogP contribution < -0.4 is 0 Å². The van der Waals surface area contributed by atoms with E-state index in [4.69, 9.17) is 0 Å². The summed E-state index contributed by atoms with van der Waals surface area (Å²) in [6.45, 7) is 1.67. The summed E-state index contributed by atoms with van der Waals surface area (Å²) < 4.78 is 0. The maximum absolute atomic E-state index is 13.0. The Bertz CT molecular complexity index is 1040. The van der Waals surface area contributed by atoms with Crippen molar-refractivity contribution in [3.8, 4) is 0 Å². The number of hydrogen-bond donors (Lipinski definition) is 1. The number of ketones is 1. The Morgan fingerprint density at radius 2 is 1.74 bits per heavy atom. The summed E-state index contributed by atoms with van der Waals surface area (Å²) in [5.41, 5.74) is 0.828. The van der Waals surface area contributed by atoms with Gasteiger partial charge in [0.15, 0.2) is 0 Å². The molecule has 7 nitrogen and oxygen atoms in total. The highest BCUT2D eigenvalue weighted by Gasteiger charge is 2.50. The van der Waals surface area contributed by atoms with Crippen LogP contribution in [-0.2, 0) is 14.4 Å². The maximum Gasteiger partial charge on any atom is 0.254 e. The summed E-state index contributed by atoms with van der Waals surface area (Å²) in [5, 5.41) is 11.1. The molecule has 0 spiro atoms. The van der Waals surface area contributed by atoms with E-state index >= 15 is 0 Å². The summed E-state index contributed by atoms with van der Waals surface area (Å²) in [6.07, 6.45) is 4.60. The standard InChI is InChI=1S/C24H27N3O4/c28-21-14-16(18-13-17-3-1-2-4-20(17)25-15-18)5-6-19(21)22(29)26-9-11-27(12-10-26)23(30)24(31)7-8-24/h1-4,13,15-16,19,31H,5-12,14H2. The molecule has 2 unspecified atom stereocenters. The average molecular weight is 421 g/mol. The van der Waals surface area contributed by atoms with Gasteiger partial charge < -0.3 is 14.9 Å². The van der Waals surface area contributed by atoms with Crippen molar-refractivity contribution in [3.05, 3.63) is 42.1 Å². The van der Waals surface area contributed by atoms with Crippen molar-refractivity contribution in [2.45, 2.75) is 43.6 Å². The van der Waals surface area contributed by atoms with Crippen LogP contribution in [0.25, 0.3) is 10.9 Å². The van der Waals surface area contributed by atoms with Crippen molar-refractivity contribution in [3.63, 3.8) is 0 Å². The van der Waals surface area contributed by atoms with Crippen LogP contribution in [0.3, 0.4) is 0 Å². The summed E-state index contributed by atoms with van der Waals surface area (Å²) in [6, 6.07) is 10.0. The highest BCUT2D eigenvalue weighted by molar-refractivity contribution is 6.02. The molecule has 31 heavy (non-hydrogen) atoms. The van der Waals surface area contributed by atoms with Crippen LogP contribution in [0.4, 0.5) is 0 Å². The van der Waals surface area contributed by atoms with Gasteiger partial charge in [-0.05, 0) is 49.3 Å². The lowest BCUT2D eigenvalue weighted by atomic mass is 9.77. The molecule has 1 N–H and O–H groups in total. The molecule has 0 radical (unpaired) electrons. The van der Waals surface area contributed by atoms with Gasteiger partial charge in [-0.25, -0.2) is 0 Å². The number of amides is 2. The van der Waals surface area contributed by atoms with Crippen molar-refractivity contribution in [1.29, 1.82) is 0 Å². The minimum Gasteiger partial charge on any atom is -0.380 e. The predicted octanol–water partition coefficient (Wildman–Crippen LogP) is 1.88. The van der Waals surface area contributed by atoms with Crippen LogP contribution in [0.2, 0.25) is 0 Å². The number of pyridine rings is 1. The maximum atomic E-state index is 13.0. The first-order chi connectivity index (χ1) is 14.9. The molecule has 2 saturated carbocycles. The molecule has 2 aromatic rings. The van der Waals surface area contributed by atoms with E-state index in [0.717, 1.165) is 22.9 Å². The highest BCUT2D eigenvalue weighted by atomic mass is 16.3. The third-order valence-corrected chi connectivity index (χ3v) is 7.02. The third-order valence-electron chi connectivity index (χ3n) is 7.02. The first-order valence-electron chi connectivity index (χ1n) is 11.1. The first kappa shape index (κ1) is 20.1. The number of aliphatic hydroxyl groups is 1. The number of carbonyl (C=O) groups is 3. The van der Waals surface area contributed by atoms with Gasteiger partial charge in [0.2, 0.25) is 5.91 Å². The molecule has 1 aromatic heterocycles. The number of nitrogens with zero attached hydrogens (tertiary/aromatic N) is 3. The molecular formula is C24H27N3O4. The van der Waals surface area contributed by atoms with Gasteiger partial charge in [0.1, 0.15) is 11.4 Å². The summed E-state index contributed by atoms with van der Waals surface area (Å²) in [4.78, 5) is 46.0. The lowest BCUT2D eigenvalue weighted by molar-refractivity contribution is -0.150. The summed E-state index contributed by atoms with van der Waals surface area (Å²) in [5.74, 6) is -0.820. The molecule has 1 saturated heterocycles. The second-order valence-electron chi connectivity index (χ2n) is 9.11. The Morgan fingerprint density at radius 1 is 1.03 bits per heavy atom. The number of rotatable bonds is 3. The van der Waals surface area contributed by atoms with E-state index in [9.17, 15) is 19.5 Å². The molecule has 2 amide bonds. The number of hydrogen-bond acceptors (Lipinski definition) is 5. The fraction of sp³-hybridized carbons (Fsp3) is 0.500. The number of Topliss-reactive ketones (excluding diaryl/α,β-unsaturated/α-hetero) is 1. The van der Waals surface area contributed by atoms with E-state index in [1.54, 1.807) is 9.80 Å².